The molecule has 3 rings (SSSR count). The molecular weight excluding hydrogens is 384 g/mol. The van der Waals surface area contributed by atoms with Crippen molar-refractivity contribution in [2.75, 3.05) is 7.05 Å². The van der Waals surface area contributed by atoms with Crippen LogP contribution in [0.15, 0.2) is 36.7 Å². The molecule has 0 aliphatic carbocycles. The summed E-state index contributed by atoms with van der Waals surface area (Å²) in [6.45, 7) is 8.75. The van der Waals surface area contributed by atoms with E-state index in [0.717, 1.165) is 30.3 Å². The minimum absolute atomic E-state index is 0.00934. The number of hydrogen-bond acceptors (Lipinski definition) is 6. The van der Waals surface area contributed by atoms with Crippen molar-refractivity contribution in [3.63, 3.8) is 0 Å². The molecule has 0 saturated carbocycles. The van der Waals surface area contributed by atoms with Gasteiger partial charge in [-0.1, -0.05) is 0 Å². The van der Waals surface area contributed by atoms with E-state index >= 15 is 0 Å². The van der Waals surface area contributed by atoms with Crippen molar-refractivity contribution in [1.82, 2.24) is 20.0 Å². The minimum atomic E-state index is -0.0142. The quantitative estimate of drug-likeness (QED) is 0.452. The predicted octanol–water partition coefficient (Wildman–Crippen LogP) is 3.81. The Bertz CT molecular complexity index is 890. The van der Waals surface area contributed by atoms with Gasteiger partial charge in [0.1, 0.15) is 10.8 Å². The highest BCUT2D eigenvalue weighted by Gasteiger charge is 2.39. The number of nitrogens with zero attached hydrogens (tertiary/aromatic N) is 3. The molecule has 29 heavy (non-hydrogen) atoms. The molecule has 2 aromatic rings. The van der Waals surface area contributed by atoms with E-state index in [4.69, 9.17) is 10.8 Å². The van der Waals surface area contributed by atoms with Crippen LogP contribution >= 0.6 is 11.8 Å². The highest BCUT2D eigenvalue weighted by Crippen LogP contribution is 2.33. The zero-order valence-corrected chi connectivity index (χ0v) is 18.5. The first-order valence-corrected chi connectivity index (χ1v) is 10.5. The fourth-order valence-electron chi connectivity index (χ4n) is 4.21. The Morgan fingerprint density at radius 2 is 1.90 bits per heavy atom. The Labute approximate surface area is 176 Å². The van der Waals surface area contributed by atoms with Gasteiger partial charge >= 0.3 is 0 Å². The Balaban J connectivity index is 1.69. The predicted molar refractivity (Wildman–Crippen MR) is 119 cm³/mol. The van der Waals surface area contributed by atoms with E-state index in [1.165, 1.54) is 0 Å². The first kappa shape index (κ1) is 21.4. The number of nitrogens with one attached hydrogen (secondary N) is 3. The third-order valence-corrected chi connectivity index (χ3v) is 6.14. The molecular formula is C21H30N6OS. The lowest BCUT2D eigenvalue weighted by atomic mass is 9.79. The van der Waals surface area contributed by atoms with Crippen molar-refractivity contribution in [3.05, 3.63) is 42.2 Å². The number of amidine groups is 1. The summed E-state index contributed by atoms with van der Waals surface area (Å²) in [5.74, 6) is 0.00934. The highest BCUT2D eigenvalue weighted by molar-refractivity contribution is 8.26. The molecule has 8 heteroatoms. The van der Waals surface area contributed by atoms with Gasteiger partial charge < -0.3 is 15.3 Å². The van der Waals surface area contributed by atoms with Crippen LogP contribution in [-0.2, 0) is 0 Å². The average molecular weight is 415 g/mol. The van der Waals surface area contributed by atoms with E-state index in [9.17, 15) is 5.11 Å². The van der Waals surface area contributed by atoms with E-state index in [2.05, 4.69) is 38.1 Å². The normalized spacial score (nSPS) is 18.4. The maximum absolute atomic E-state index is 10.4. The number of aromatic hydroxyl groups is 1. The van der Waals surface area contributed by atoms with Gasteiger partial charge in [-0.05, 0) is 70.5 Å². The van der Waals surface area contributed by atoms with Gasteiger partial charge in [-0.3, -0.25) is 10.8 Å². The summed E-state index contributed by atoms with van der Waals surface area (Å²) in [5, 5.41) is 35.6. The van der Waals surface area contributed by atoms with Gasteiger partial charge in [0.25, 0.3) is 0 Å². The summed E-state index contributed by atoms with van der Waals surface area (Å²) >= 11 is 1.06. The van der Waals surface area contributed by atoms with Crippen molar-refractivity contribution in [3.8, 4) is 11.4 Å². The number of thioether (sulfide) groups is 1. The highest BCUT2D eigenvalue weighted by atomic mass is 32.2. The third-order valence-electron chi connectivity index (χ3n) is 5.23. The van der Waals surface area contributed by atoms with Crippen LogP contribution in [0.3, 0.4) is 0 Å². The Morgan fingerprint density at radius 1 is 1.24 bits per heavy atom. The summed E-state index contributed by atoms with van der Waals surface area (Å²) in [5.41, 5.74) is 1.11. The van der Waals surface area contributed by atoms with Crippen molar-refractivity contribution in [1.29, 1.82) is 10.8 Å². The lowest BCUT2D eigenvalue weighted by molar-refractivity contribution is 0.114. The number of aromatic nitrogens is 2. The summed E-state index contributed by atoms with van der Waals surface area (Å²) in [6, 6.07) is 7.12. The van der Waals surface area contributed by atoms with Crippen LogP contribution in [0, 0.1) is 10.8 Å². The van der Waals surface area contributed by atoms with Crippen LogP contribution < -0.4 is 5.32 Å². The van der Waals surface area contributed by atoms with Gasteiger partial charge in [-0.2, -0.15) is 5.10 Å². The SMILES string of the molecule is CN(C(=N)SC(=N)c1ccc(-n2cccn2)cc1O)C1CC(C)(C)NC(C)(C)C1. The van der Waals surface area contributed by atoms with Crippen LogP contribution in [0.2, 0.25) is 0 Å². The monoisotopic (exact) mass is 414 g/mol. The van der Waals surface area contributed by atoms with E-state index in [-0.39, 0.29) is 27.9 Å². The van der Waals surface area contributed by atoms with E-state index in [0.29, 0.717) is 10.7 Å². The lowest BCUT2D eigenvalue weighted by Crippen LogP contribution is -2.62. The van der Waals surface area contributed by atoms with Crippen LogP contribution in [0.25, 0.3) is 5.69 Å². The molecule has 0 unspecified atom stereocenters. The van der Waals surface area contributed by atoms with Gasteiger partial charge in [0.2, 0.25) is 0 Å². The van der Waals surface area contributed by atoms with Crippen molar-refractivity contribution in [2.24, 2.45) is 0 Å². The number of rotatable bonds is 3. The summed E-state index contributed by atoms with van der Waals surface area (Å²) < 4.78 is 1.65. The number of phenols is 1. The second kappa shape index (κ2) is 7.84. The Kier molecular flexibility index (Phi) is 5.78. The molecule has 1 saturated heterocycles. The largest absolute Gasteiger partial charge is 0.507 e. The molecule has 1 aromatic heterocycles. The van der Waals surface area contributed by atoms with Crippen LogP contribution in [0.5, 0.6) is 5.75 Å². The second-order valence-electron chi connectivity index (χ2n) is 8.95. The minimum Gasteiger partial charge on any atom is -0.507 e. The molecule has 7 nitrogen and oxygen atoms in total. The Hall–Kier alpha value is -2.32. The average Bonchev–Trinajstić information content (AvgIpc) is 3.12. The number of hydrogen-bond donors (Lipinski definition) is 4. The number of phenolic OH excluding ortho intramolecular Hbond substituents is 1. The van der Waals surface area contributed by atoms with Gasteiger partial charge in [0, 0.05) is 48.2 Å². The molecule has 2 heterocycles. The second-order valence-corrected chi connectivity index (χ2v) is 9.95. The smallest absolute Gasteiger partial charge is 0.162 e. The van der Waals surface area contributed by atoms with E-state index in [1.807, 2.05) is 24.1 Å². The first-order chi connectivity index (χ1) is 13.5. The summed E-state index contributed by atoms with van der Waals surface area (Å²) in [6.07, 6.45) is 5.31. The Morgan fingerprint density at radius 3 is 2.45 bits per heavy atom. The van der Waals surface area contributed by atoms with Crippen LogP contribution in [-0.4, -0.2) is 54.2 Å². The molecule has 1 aliphatic rings. The van der Waals surface area contributed by atoms with Gasteiger partial charge in [0.05, 0.1) is 5.69 Å². The molecule has 0 atom stereocenters. The number of piperidine rings is 1. The molecule has 1 aliphatic heterocycles. The standard InChI is InChI=1S/C21H30N6OS/c1-20(2)12-15(13-21(3,4)25-20)26(5)19(23)29-18(22)16-8-7-14(11-17(16)28)27-10-6-9-24-27/h6-11,15,22-23,25,28H,12-13H2,1-5H3. The maximum Gasteiger partial charge on any atom is 0.162 e. The third kappa shape index (κ3) is 5.00. The summed E-state index contributed by atoms with van der Waals surface area (Å²) in [7, 11) is 1.92. The fourth-order valence-corrected chi connectivity index (χ4v) is 4.98. The zero-order chi connectivity index (χ0) is 21.4. The molecule has 1 fully saturated rings. The fraction of sp³-hybridized carbons (Fsp3) is 0.476. The zero-order valence-electron chi connectivity index (χ0n) is 17.7. The molecule has 0 radical (unpaired) electrons. The van der Waals surface area contributed by atoms with E-state index in [1.54, 1.807) is 29.2 Å². The molecule has 0 amide bonds. The molecule has 1 aromatic carbocycles. The van der Waals surface area contributed by atoms with Crippen molar-refractivity contribution in [2.45, 2.75) is 57.7 Å². The molecule has 4 N–H and O–H groups in total. The first-order valence-electron chi connectivity index (χ1n) is 9.68. The molecule has 0 bridgehead atoms. The topological polar surface area (TPSA) is 101 Å². The lowest BCUT2D eigenvalue weighted by Gasteiger charge is -2.49. The summed E-state index contributed by atoms with van der Waals surface area (Å²) in [4.78, 5) is 1.96. The van der Waals surface area contributed by atoms with Gasteiger partial charge in [-0.15, -0.1) is 0 Å². The van der Waals surface area contributed by atoms with Gasteiger partial charge in [-0.25, -0.2) is 4.68 Å². The maximum atomic E-state index is 10.4. The van der Waals surface area contributed by atoms with Crippen LogP contribution in [0.4, 0.5) is 0 Å². The van der Waals surface area contributed by atoms with Crippen molar-refractivity contribution >= 4 is 22.0 Å². The van der Waals surface area contributed by atoms with E-state index < -0.39 is 0 Å². The van der Waals surface area contributed by atoms with Crippen molar-refractivity contribution < 1.29 is 5.11 Å². The van der Waals surface area contributed by atoms with Crippen LogP contribution in [0.1, 0.15) is 46.1 Å². The molecule has 156 valence electrons. The molecule has 0 spiro atoms. The number of benzene rings is 1. The van der Waals surface area contributed by atoms with Gasteiger partial charge in [0.15, 0.2) is 5.17 Å².